The average Bonchev–Trinajstić information content (AvgIpc) is 2.40. The van der Waals surface area contributed by atoms with Crippen molar-refractivity contribution < 1.29 is 9.53 Å². The maximum Gasteiger partial charge on any atom is 0.338 e. The molecule has 0 spiro atoms. The van der Waals surface area contributed by atoms with Crippen LogP contribution in [0.5, 0.6) is 0 Å². The van der Waals surface area contributed by atoms with Crippen LogP contribution in [-0.4, -0.2) is 24.7 Å². The van der Waals surface area contributed by atoms with Crippen molar-refractivity contribution in [2.45, 2.75) is 26.7 Å². The van der Waals surface area contributed by atoms with Crippen molar-refractivity contribution in [2.24, 2.45) is 0 Å². The number of methoxy groups -OCH3 is 1. The van der Waals surface area contributed by atoms with Crippen LogP contribution >= 0.6 is 12.2 Å². The molecular formula is C14H20N2O2S. The summed E-state index contributed by atoms with van der Waals surface area (Å²) in [7, 11) is 1.37. The molecule has 1 rings (SSSR count). The topological polar surface area (TPSA) is 50.4 Å². The van der Waals surface area contributed by atoms with Gasteiger partial charge in [-0.15, -0.1) is 0 Å². The summed E-state index contributed by atoms with van der Waals surface area (Å²) in [5, 5.41) is 6.80. The number of thiocarbonyl (C=S) groups is 1. The Balaban J connectivity index is 2.73. The van der Waals surface area contributed by atoms with Gasteiger partial charge in [-0.25, -0.2) is 4.79 Å². The van der Waals surface area contributed by atoms with Gasteiger partial charge in [0.25, 0.3) is 0 Å². The lowest BCUT2D eigenvalue weighted by Gasteiger charge is -2.14. The van der Waals surface area contributed by atoms with Crippen LogP contribution in [0.4, 0.5) is 5.69 Å². The van der Waals surface area contributed by atoms with E-state index in [9.17, 15) is 4.79 Å². The van der Waals surface area contributed by atoms with Gasteiger partial charge in [-0.1, -0.05) is 19.4 Å². The van der Waals surface area contributed by atoms with Gasteiger partial charge in [-0.05, 0) is 43.3 Å². The number of nitrogens with one attached hydrogen (secondary N) is 2. The largest absolute Gasteiger partial charge is 0.465 e. The molecule has 1 aromatic rings. The van der Waals surface area contributed by atoms with Crippen molar-refractivity contribution in [1.29, 1.82) is 0 Å². The number of hydrogen-bond acceptors (Lipinski definition) is 3. The normalized spacial score (nSPS) is 9.84. The minimum atomic E-state index is -0.342. The highest BCUT2D eigenvalue weighted by Gasteiger charge is 2.12. The Morgan fingerprint density at radius 2 is 2.16 bits per heavy atom. The number of hydrogen-bond donors (Lipinski definition) is 2. The highest BCUT2D eigenvalue weighted by molar-refractivity contribution is 7.80. The zero-order chi connectivity index (χ0) is 14.3. The van der Waals surface area contributed by atoms with E-state index in [2.05, 4.69) is 17.6 Å². The van der Waals surface area contributed by atoms with Crippen LogP contribution in [0.25, 0.3) is 0 Å². The van der Waals surface area contributed by atoms with Crippen LogP contribution in [0.3, 0.4) is 0 Å². The SMILES string of the molecule is CCCCNC(=S)Nc1cccc(C(=O)OC)c1C. The lowest BCUT2D eigenvalue weighted by Crippen LogP contribution is -2.29. The van der Waals surface area contributed by atoms with Crippen molar-refractivity contribution in [3.05, 3.63) is 29.3 Å². The summed E-state index contributed by atoms with van der Waals surface area (Å²) in [5.41, 5.74) is 2.19. The molecule has 0 heterocycles. The third-order valence-electron chi connectivity index (χ3n) is 2.80. The molecule has 0 radical (unpaired) electrons. The minimum Gasteiger partial charge on any atom is -0.465 e. The number of unbranched alkanes of at least 4 members (excludes halogenated alkanes) is 1. The smallest absolute Gasteiger partial charge is 0.338 e. The first-order valence-corrected chi connectivity index (χ1v) is 6.73. The molecule has 0 aromatic heterocycles. The summed E-state index contributed by atoms with van der Waals surface area (Å²) in [6.07, 6.45) is 2.19. The zero-order valence-electron chi connectivity index (χ0n) is 11.6. The number of carbonyl (C=O) groups is 1. The van der Waals surface area contributed by atoms with Crippen molar-refractivity contribution >= 4 is 29.0 Å². The fraction of sp³-hybridized carbons (Fsp3) is 0.429. The Labute approximate surface area is 119 Å². The molecule has 0 amide bonds. The molecule has 0 unspecified atom stereocenters. The van der Waals surface area contributed by atoms with Gasteiger partial charge >= 0.3 is 5.97 Å². The van der Waals surface area contributed by atoms with E-state index in [1.807, 2.05) is 13.0 Å². The van der Waals surface area contributed by atoms with E-state index in [0.29, 0.717) is 10.7 Å². The van der Waals surface area contributed by atoms with Gasteiger partial charge in [0.15, 0.2) is 5.11 Å². The minimum absolute atomic E-state index is 0.342. The molecule has 5 heteroatoms. The van der Waals surface area contributed by atoms with E-state index in [1.165, 1.54) is 7.11 Å². The highest BCUT2D eigenvalue weighted by atomic mass is 32.1. The first-order valence-electron chi connectivity index (χ1n) is 6.33. The molecule has 4 nitrogen and oxygen atoms in total. The molecule has 19 heavy (non-hydrogen) atoms. The number of ether oxygens (including phenoxy) is 1. The van der Waals surface area contributed by atoms with Gasteiger partial charge in [0.05, 0.1) is 12.7 Å². The monoisotopic (exact) mass is 280 g/mol. The van der Waals surface area contributed by atoms with E-state index < -0.39 is 0 Å². The lowest BCUT2D eigenvalue weighted by molar-refractivity contribution is 0.0600. The number of rotatable bonds is 5. The molecule has 104 valence electrons. The van der Waals surface area contributed by atoms with E-state index in [4.69, 9.17) is 17.0 Å². The Bertz CT molecular complexity index is 461. The van der Waals surface area contributed by atoms with Crippen LogP contribution in [0.1, 0.15) is 35.7 Å². The average molecular weight is 280 g/mol. The van der Waals surface area contributed by atoms with E-state index in [1.54, 1.807) is 12.1 Å². The van der Waals surface area contributed by atoms with Crippen molar-refractivity contribution in [1.82, 2.24) is 5.32 Å². The standard InChI is InChI=1S/C14H20N2O2S/c1-4-5-9-15-14(19)16-12-8-6-7-11(10(12)2)13(17)18-3/h6-8H,4-5,9H2,1-3H3,(H2,15,16,19). The Hall–Kier alpha value is -1.62. The van der Waals surface area contributed by atoms with Crippen LogP contribution in [0, 0.1) is 6.92 Å². The fourth-order valence-electron chi connectivity index (χ4n) is 1.65. The quantitative estimate of drug-likeness (QED) is 0.493. The highest BCUT2D eigenvalue weighted by Crippen LogP contribution is 2.19. The van der Waals surface area contributed by atoms with Crippen molar-refractivity contribution in [3.63, 3.8) is 0 Å². The molecule has 1 aromatic carbocycles. The first kappa shape index (κ1) is 15.4. The molecule has 0 saturated heterocycles. The van der Waals surface area contributed by atoms with Crippen LogP contribution < -0.4 is 10.6 Å². The second kappa shape index (κ2) is 7.74. The second-order valence-corrected chi connectivity index (χ2v) is 4.61. The lowest BCUT2D eigenvalue weighted by atomic mass is 10.1. The zero-order valence-corrected chi connectivity index (χ0v) is 12.4. The molecular weight excluding hydrogens is 260 g/mol. The molecule has 0 saturated carbocycles. The Morgan fingerprint density at radius 3 is 2.79 bits per heavy atom. The molecule has 0 aliphatic heterocycles. The molecule has 0 fully saturated rings. The predicted octanol–water partition coefficient (Wildman–Crippen LogP) is 2.87. The Kier molecular flexibility index (Phi) is 6.29. The Morgan fingerprint density at radius 1 is 1.42 bits per heavy atom. The van der Waals surface area contributed by atoms with Crippen molar-refractivity contribution in [2.75, 3.05) is 19.0 Å². The number of anilines is 1. The summed E-state index contributed by atoms with van der Waals surface area (Å²) in [5.74, 6) is -0.342. The van der Waals surface area contributed by atoms with E-state index in [0.717, 1.165) is 30.6 Å². The predicted molar refractivity (Wildman–Crippen MR) is 81.6 cm³/mol. The van der Waals surface area contributed by atoms with Gasteiger partial charge in [-0.2, -0.15) is 0 Å². The van der Waals surface area contributed by atoms with Gasteiger partial charge in [-0.3, -0.25) is 0 Å². The third-order valence-corrected chi connectivity index (χ3v) is 3.05. The van der Waals surface area contributed by atoms with E-state index in [-0.39, 0.29) is 5.97 Å². The van der Waals surface area contributed by atoms with Gasteiger partial charge in [0.1, 0.15) is 0 Å². The number of esters is 1. The maximum atomic E-state index is 11.6. The number of carbonyl (C=O) groups excluding carboxylic acids is 1. The fourth-order valence-corrected chi connectivity index (χ4v) is 1.86. The second-order valence-electron chi connectivity index (χ2n) is 4.20. The molecule has 0 bridgehead atoms. The number of benzene rings is 1. The summed E-state index contributed by atoms with van der Waals surface area (Å²) >= 11 is 5.21. The molecule has 2 N–H and O–H groups in total. The van der Waals surface area contributed by atoms with E-state index >= 15 is 0 Å². The first-order chi connectivity index (χ1) is 9.10. The van der Waals surface area contributed by atoms with Crippen LogP contribution in [-0.2, 0) is 4.74 Å². The van der Waals surface area contributed by atoms with Gasteiger partial charge < -0.3 is 15.4 Å². The van der Waals surface area contributed by atoms with Crippen molar-refractivity contribution in [3.8, 4) is 0 Å². The third kappa shape index (κ3) is 4.52. The summed E-state index contributed by atoms with van der Waals surface area (Å²) in [4.78, 5) is 11.6. The van der Waals surface area contributed by atoms with Gasteiger partial charge in [0.2, 0.25) is 0 Å². The summed E-state index contributed by atoms with van der Waals surface area (Å²) < 4.78 is 4.74. The maximum absolute atomic E-state index is 11.6. The molecule has 0 aliphatic rings. The van der Waals surface area contributed by atoms with Crippen LogP contribution in [0.15, 0.2) is 18.2 Å². The van der Waals surface area contributed by atoms with Crippen LogP contribution in [0.2, 0.25) is 0 Å². The summed E-state index contributed by atoms with van der Waals surface area (Å²) in [6, 6.07) is 5.42. The summed E-state index contributed by atoms with van der Waals surface area (Å²) in [6.45, 7) is 4.84. The molecule has 0 aliphatic carbocycles. The van der Waals surface area contributed by atoms with Gasteiger partial charge in [0, 0.05) is 12.2 Å². The molecule has 0 atom stereocenters.